The Hall–Kier alpha value is -2.72. The molecule has 10 heteroatoms. The largest absolute Gasteiger partial charge is 0.451 e. The Labute approximate surface area is 165 Å². The lowest BCUT2D eigenvalue weighted by atomic mass is 10.1. The number of hydrogen-bond donors (Lipinski definition) is 0. The topological polar surface area (TPSA) is 68.1 Å². The molecule has 3 heterocycles. The van der Waals surface area contributed by atoms with Gasteiger partial charge in [-0.05, 0) is 24.3 Å². The third-order valence-electron chi connectivity index (χ3n) is 4.75. The van der Waals surface area contributed by atoms with Crippen LogP contribution in [0.2, 0.25) is 0 Å². The van der Waals surface area contributed by atoms with Gasteiger partial charge in [-0.2, -0.15) is 13.2 Å². The van der Waals surface area contributed by atoms with Crippen molar-refractivity contribution in [2.75, 3.05) is 6.54 Å². The second-order valence-electron chi connectivity index (χ2n) is 6.74. The van der Waals surface area contributed by atoms with Crippen molar-refractivity contribution >= 4 is 10.0 Å². The second-order valence-corrected chi connectivity index (χ2v) is 8.55. The summed E-state index contributed by atoms with van der Waals surface area (Å²) in [5, 5.41) is 0. The lowest BCUT2D eigenvalue weighted by Gasteiger charge is -2.28. The van der Waals surface area contributed by atoms with Crippen molar-refractivity contribution in [2.24, 2.45) is 0 Å². The number of benzene rings is 1. The maximum atomic E-state index is 12.9. The van der Waals surface area contributed by atoms with Crippen LogP contribution in [0, 0.1) is 0 Å². The number of alkyl halides is 3. The van der Waals surface area contributed by atoms with E-state index in [0.717, 1.165) is 0 Å². The maximum absolute atomic E-state index is 12.9. The standard InChI is InChI=1S/C19H17F3N4O2S/c20-19(21,22)18-23-11-14-12-25(10-8-17(14)24-18)13-15-5-4-9-26(15)29(27,28)16-6-2-1-3-7-16/h1-7,9,11H,8,10,12-13H2. The van der Waals surface area contributed by atoms with Crippen molar-refractivity contribution < 1.29 is 21.6 Å². The molecule has 0 bridgehead atoms. The number of halogens is 3. The Balaban J connectivity index is 1.55. The maximum Gasteiger partial charge on any atom is 0.451 e. The first kappa shape index (κ1) is 19.6. The van der Waals surface area contributed by atoms with Crippen LogP contribution in [-0.4, -0.2) is 33.8 Å². The van der Waals surface area contributed by atoms with Gasteiger partial charge in [-0.25, -0.2) is 22.4 Å². The van der Waals surface area contributed by atoms with Crippen molar-refractivity contribution in [3.8, 4) is 0 Å². The molecule has 0 fully saturated rings. The number of hydrogen-bond acceptors (Lipinski definition) is 5. The summed E-state index contributed by atoms with van der Waals surface area (Å²) in [4.78, 5) is 9.23. The van der Waals surface area contributed by atoms with Crippen molar-refractivity contribution in [1.82, 2.24) is 18.8 Å². The summed E-state index contributed by atoms with van der Waals surface area (Å²) in [6.45, 7) is 1.15. The number of nitrogens with zero attached hydrogens (tertiary/aromatic N) is 4. The van der Waals surface area contributed by atoms with Crippen LogP contribution in [0.4, 0.5) is 13.2 Å². The van der Waals surface area contributed by atoms with E-state index in [1.54, 1.807) is 30.3 Å². The van der Waals surface area contributed by atoms with E-state index >= 15 is 0 Å². The van der Waals surface area contributed by atoms with Crippen LogP contribution in [0.15, 0.2) is 59.8 Å². The van der Waals surface area contributed by atoms with Crippen LogP contribution in [0.5, 0.6) is 0 Å². The Morgan fingerprint density at radius 2 is 1.83 bits per heavy atom. The predicted molar refractivity (Wildman–Crippen MR) is 98.3 cm³/mol. The van der Waals surface area contributed by atoms with Gasteiger partial charge < -0.3 is 0 Å². The van der Waals surface area contributed by atoms with Gasteiger partial charge in [0.1, 0.15) is 0 Å². The number of aromatic nitrogens is 3. The first-order chi connectivity index (χ1) is 13.7. The lowest BCUT2D eigenvalue weighted by Crippen LogP contribution is -2.32. The Bertz CT molecular complexity index is 1130. The third-order valence-corrected chi connectivity index (χ3v) is 6.49. The molecule has 0 aliphatic carbocycles. The van der Waals surface area contributed by atoms with Gasteiger partial charge >= 0.3 is 6.18 Å². The van der Waals surface area contributed by atoms with Crippen LogP contribution in [-0.2, 0) is 35.7 Å². The highest BCUT2D eigenvalue weighted by molar-refractivity contribution is 7.90. The Morgan fingerprint density at radius 1 is 1.07 bits per heavy atom. The average Bonchev–Trinajstić information content (AvgIpc) is 3.16. The highest BCUT2D eigenvalue weighted by Crippen LogP contribution is 2.28. The highest BCUT2D eigenvalue weighted by atomic mass is 32.2. The zero-order valence-electron chi connectivity index (χ0n) is 15.2. The first-order valence-electron chi connectivity index (χ1n) is 8.86. The average molecular weight is 422 g/mol. The molecule has 0 N–H and O–H groups in total. The van der Waals surface area contributed by atoms with Crippen molar-refractivity contribution in [3.63, 3.8) is 0 Å². The van der Waals surface area contributed by atoms with Crippen LogP contribution in [0.3, 0.4) is 0 Å². The molecule has 29 heavy (non-hydrogen) atoms. The molecule has 152 valence electrons. The summed E-state index contributed by atoms with van der Waals surface area (Å²) in [5.74, 6) is -1.13. The number of fused-ring (bicyclic) bond motifs is 1. The van der Waals surface area contributed by atoms with Gasteiger partial charge in [-0.1, -0.05) is 18.2 Å². The SMILES string of the molecule is O=S(=O)(c1ccccc1)n1cccc1CN1CCc2nc(C(F)(F)F)ncc2C1. The molecule has 0 spiro atoms. The zero-order chi connectivity index (χ0) is 20.6. The highest BCUT2D eigenvalue weighted by Gasteiger charge is 2.35. The van der Waals surface area contributed by atoms with E-state index in [9.17, 15) is 21.6 Å². The molecule has 0 radical (unpaired) electrons. The van der Waals surface area contributed by atoms with Crippen LogP contribution in [0.25, 0.3) is 0 Å². The summed E-state index contributed by atoms with van der Waals surface area (Å²) in [6, 6.07) is 11.5. The quantitative estimate of drug-likeness (QED) is 0.646. The second kappa shape index (κ2) is 7.27. The smallest absolute Gasteiger partial charge is 0.293 e. The summed E-state index contributed by atoms with van der Waals surface area (Å²) >= 11 is 0. The first-order valence-corrected chi connectivity index (χ1v) is 10.3. The predicted octanol–water partition coefficient (Wildman–Crippen LogP) is 3.09. The minimum Gasteiger partial charge on any atom is -0.293 e. The Morgan fingerprint density at radius 3 is 2.55 bits per heavy atom. The molecule has 1 aromatic carbocycles. The van der Waals surface area contributed by atoms with Gasteiger partial charge in [0.2, 0.25) is 5.82 Å². The summed E-state index contributed by atoms with van der Waals surface area (Å²) in [5.41, 5.74) is 1.58. The molecule has 2 aromatic heterocycles. The molecule has 0 amide bonds. The minimum atomic E-state index is -4.57. The molecule has 1 aliphatic heterocycles. The van der Waals surface area contributed by atoms with E-state index in [2.05, 4.69) is 9.97 Å². The third kappa shape index (κ3) is 3.90. The molecule has 0 atom stereocenters. The molecule has 0 saturated carbocycles. The molecule has 6 nitrogen and oxygen atoms in total. The van der Waals surface area contributed by atoms with Gasteiger partial charge in [0.05, 0.1) is 10.6 Å². The normalized spacial score (nSPS) is 15.3. The fraction of sp³-hybridized carbons (Fsp3) is 0.263. The van der Waals surface area contributed by atoms with E-state index in [-0.39, 0.29) is 4.90 Å². The van der Waals surface area contributed by atoms with Crippen LogP contribution < -0.4 is 0 Å². The zero-order valence-corrected chi connectivity index (χ0v) is 16.0. The van der Waals surface area contributed by atoms with Gasteiger partial charge in [-0.3, -0.25) is 4.90 Å². The van der Waals surface area contributed by atoms with Gasteiger partial charge in [0.25, 0.3) is 10.0 Å². The molecule has 0 unspecified atom stereocenters. The molecule has 1 aliphatic rings. The molecular weight excluding hydrogens is 405 g/mol. The molecular formula is C19H17F3N4O2S. The van der Waals surface area contributed by atoms with Crippen molar-refractivity contribution in [3.05, 3.63) is 77.6 Å². The number of rotatable bonds is 4. The van der Waals surface area contributed by atoms with Gasteiger partial charge in [0, 0.05) is 49.7 Å². The van der Waals surface area contributed by atoms with Crippen LogP contribution >= 0.6 is 0 Å². The monoisotopic (exact) mass is 422 g/mol. The van der Waals surface area contributed by atoms with Gasteiger partial charge in [-0.15, -0.1) is 0 Å². The van der Waals surface area contributed by atoms with Crippen molar-refractivity contribution in [2.45, 2.75) is 30.6 Å². The summed E-state index contributed by atoms with van der Waals surface area (Å²) < 4.78 is 65.4. The minimum absolute atomic E-state index is 0.189. The fourth-order valence-corrected chi connectivity index (χ4v) is 4.73. The van der Waals surface area contributed by atoms with Gasteiger partial charge in [0.15, 0.2) is 0 Å². The van der Waals surface area contributed by atoms with E-state index in [1.807, 2.05) is 4.90 Å². The van der Waals surface area contributed by atoms with E-state index in [1.165, 1.54) is 28.5 Å². The van der Waals surface area contributed by atoms with Crippen molar-refractivity contribution in [1.29, 1.82) is 0 Å². The lowest BCUT2D eigenvalue weighted by molar-refractivity contribution is -0.145. The summed E-state index contributed by atoms with van der Waals surface area (Å²) in [6.07, 6.45) is -1.53. The van der Waals surface area contributed by atoms with E-state index in [4.69, 9.17) is 0 Å². The van der Waals surface area contributed by atoms with E-state index in [0.29, 0.717) is 43.0 Å². The molecule has 3 aromatic rings. The van der Waals surface area contributed by atoms with E-state index < -0.39 is 22.0 Å². The Kier molecular flexibility index (Phi) is 4.91. The molecule has 4 rings (SSSR count). The fourth-order valence-electron chi connectivity index (χ4n) is 3.34. The summed E-state index contributed by atoms with van der Waals surface area (Å²) in [7, 11) is -3.72. The molecule has 0 saturated heterocycles. The van der Waals surface area contributed by atoms with Crippen LogP contribution in [0.1, 0.15) is 22.8 Å².